The van der Waals surface area contributed by atoms with Crippen LogP contribution in [0.3, 0.4) is 0 Å². The minimum Gasteiger partial charge on any atom is -0.305 e. The van der Waals surface area contributed by atoms with Gasteiger partial charge in [-0.25, -0.2) is 0 Å². The molecule has 6 heteroatoms. The number of rotatable bonds is 5. The molecule has 1 fully saturated rings. The summed E-state index contributed by atoms with van der Waals surface area (Å²) in [6.45, 7) is 1.25. The minimum absolute atomic E-state index is 0.747. The first kappa shape index (κ1) is 15.1. The van der Waals surface area contributed by atoms with E-state index in [0.717, 1.165) is 22.8 Å². The van der Waals surface area contributed by atoms with E-state index in [1.807, 2.05) is 11.8 Å². The van der Waals surface area contributed by atoms with E-state index in [1.54, 1.807) is 11.3 Å². The molecule has 1 unspecified atom stereocenters. The van der Waals surface area contributed by atoms with Crippen molar-refractivity contribution >= 4 is 23.1 Å². The predicted octanol–water partition coefficient (Wildman–Crippen LogP) is 3.51. The average Bonchev–Trinajstić information content (AvgIpc) is 3.11. The van der Waals surface area contributed by atoms with Gasteiger partial charge in [-0.05, 0) is 44.3 Å². The maximum absolute atomic E-state index is 4.34. The highest BCUT2D eigenvalue weighted by molar-refractivity contribution is 7.99. The summed E-state index contributed by atoms with van der Waals surface area (Å²) in [7, 11) is 4.32. The van der Waals surface area contributed by atoms with E-state index in [2.05, 4.69) is 51.3 Å². The van der Waals surface area contributed by atoms with E-state index in [0.29, 0.717) is 0 Å². The van der Waals surface area contributed by atoms with Crippen LogP contribution in [-0.2, 0) is 7.05 Å². The van der Waals surface area contributed by atoms with Gasteiger partial charge in [0.25, 0.3) is 0 Å². The Hall–Kier alpha value is -0.850. The number of aromatic nitrogens is 3. The van der Waals surface area contributed by atoms with Gasteiger partial charge in [-0.2, -0.15) is 0 Å². The van der Waals surface area contributed by atoms with Gasteiger partial charge >= 0.3 is 0 Å². The Kier molecular flexibility index (Phi) is 4.98. The first-order valence-corrected chi connectivity index (χ1v) is 9.38. The van der Waals surface area contributed by atoms with Crippen LogP contribution >= 0.6 is 23.1 Å². The number of hydrogen-bond donors (Lipinski definition) is 0. The molecule has 0 amide bonds. The summed E-state index contributed by atoms with van der Waals surface area (Å²) in [6.07, 6.45) is 5.32. The van der Waals surface area contributed by atoms with E-state index in [1.165, 1.54) is 37.1 Å². The topological polar surface area (TPSA) is 34.0 Å². The lowest BCUT2D eigenvalue weighted by Gasteiger charge is -2.32. The van der Waals surface area contributed by atoms with E-state index < -0.39 is 0 Å². The van der Waals surface area contributed by atoms with Crippen molar-refractivity contribution in [3.8, 4) is 10.7 Å². The van der Waals surface area contributed by atoms with Crippen molar-refractivity contribution in [1.82, 2.24) is 19.7 Å². The number of likely N-dealkylation sites (tertiary alicyclic amines) is 1. The predicted molar refractivity (Wildman–Crippen MR) is 89.9 cm³/mol. The second-order valence-corrected chi connectivity index (χ2v) is 7.62. The van der Waals surface area contributed by atoms with Crippen LogP contribution in [-0.4, -0.2) is 45.1 Å². The lowest BCUT2D eigenvalue weighted by atomic mass is 10.0. The first-order valence-electron chi connectivity index (χ1n) is 7.52. The van der Waals surface area contributed by atoms with Crippen LogP contribution in [0.5, 0.6) is 0 Å². The van der Waals surface area contributed by atoms with E-state index in [9.17, 15) is 0 Å². The quantitative estimate of drug-likeness (QED) is 0.789. The van der Waals surface area contributed by atoms with E-state index >= 15 is 0 Å². The zero-order valence-electron chi connectivity index (χ0n) is 12.7. The molecule has 0 saturated carbocycles. The van der Waals surface area contributed by atoms with Crippen molar-refractivity contribution in [3.05, 3.63) is 17.5 Å². The second-order valence-electron chi connectivity index (χ2n) is 5.61. The molecule has 1 aliphatic heterocycles. The van der Waals surface area contributed by atoms with Crippen molar-refractivity contribution in [2.75, 3.05) is 19.3 Å². The molecule has 1 atom stereocenters. The highest BCUT2D eigenvalue weighted by Crippen LogP contribution is 2.27. The van der Waals surface area contributed by atoms with Crippen LogP contribution in [0.1, 0.15) is 25.7 Å². The molecule has 0 N–H and O–H groups in total. The fourth-order valence-electron chi connectivity index (χ4n) is 2.86. The normalized spacial score (nSPS) is 20.0. The largest absolute Gasteiger partial charge is 0.305 e. The molecule has 4 nitrogen and oxygen atoms in total. The van der Waals surface area contributed by atoms with Gasteiger partial charge in [-0.3, -0.25) is 0 Å². The first-order chi connectivity index (χ1) is 10.3. The summed E-state index contributed by atoms with van der Waals surface area (Å²) in [6, 6.07) is 4.90. The molecule has 3 rings (SSSR count). The average molecular weight is 323 g/mol. The van der Waals surface area contributed by atoms with Crippen LogP contribution in [0.2, 0.25) is 0 Å². The highest BCUT2D eigenvalue weighted by Gasteiger charge is 2.19. The summed E-state index contributed by atoms with van der Waals surface area (Å²) >= 11 is 3.54. The Morgan fingerprint density at radius 2 is 2.24 bits per heavy atom. The van der Waals surface area contributed by atoms with Crippen LogP contribution in [0.25, 0.3) is 10.7 Å². The monoisotopic (exact) mass is 322 g/mol. The molecular weight excluding hydrogens is 300 g/mol. The molecule has 0 radical (unpaired) electrons. The van der Waals surface area contributed by atoms with Crippen molar-refractivity contribution in [1.29, 1.82) is 0 Å². The molecule has 1 saturated heterocycles. The van der Waals surface area contributed by atoms with Gasteiger partial charge in [0.1, 0.15) is 0 Å². The standard InChI is InChI=1S/C15H22N4S2/c1-18-9-4-3-6-12(18)8-11-21-15-17-16-14(19(15)2)13-7-5-10-20-13/h5,7,10,12H,3-4,6,8-9,11H2,1-2H3. The second kappa shape index (κ2) is 6.94. The third kappa shape index (κ3) is 3.49. The molecule has 0 aromatic carbocycles. The summed E-state index contributed by atoms with van der Waals surface area (Å²) in [4.78, 5) is 3.70. The molecule has 114 valence electrons. The van der Waals surface area contributed by atoms with Gasteiger partial charge in [0, 0.05) is 18.8 Å². The molecule has 2 aromatic rings. The zero-order chi connectivity index (χ0) is 14.7. The molecule has 2 aromatic heterocycles. The van der Waals surface area contributed by atoms with E-state index in [-0.39, 0.29) is 0 Å². The zero-order valence-corrected chi connectivity index (χ0v) is 14.3. The Labute approximate surface area is 134 Å². The van der Waals surface area contributed by atoms with Gasteiger partial charge in [0.15, 0.2) is 11.0 Å². The lowest BCUT2D eigenvalue weighted by Crippen LogP contribution is -2.36. The molecule has 0 bridgehead atoms. The van der Waals surface area contributed by atoms with Crippen molar-refractivity contribution in [2.45, 2.75) is 36.9 Å². The number of thioether (sulfide) groups is 1. The smallest absolute Gasteiger partial charge is 0.191 e. The molecule has 21 heavy (non-hydrogen) atoms. The Morgan fingerprint density at radius 3 is 3.00 bits per heavy atom. The number of thiophene rings is 1. The number of piperidine rings is 1. The van der Waals surface area contributed by atoms with Crippen LogP contribution in [0.15, 0.2) is 22.7 Å². The van der Waals surface area contributed by atoms with Crippen LogP contribution in [0.4, 0.5) is 0 Å². The van der Waals surface area contributed by atoms with E-state index in [4.69, 9.17) is 0 Å². The Morgan fingerprint density at radius 1 is 1.33 bits per heavy atom. The third-order valence-corrected chi connectivity index (χ3v) is 6.10. The highest BCUT2D eigenvalue weighted by atomic mass is 32.2. The van der Waals surface area contributed by atoms with Gasteiger partial charge in [-0.15, -0.1) is 21.5 Å². The number of nitrogens with zero attached hydrogens (tertiary/aromatic N) is 4. The van der Waals surface area contributed by atoms with Crippen LogP contribution < -0.4 is 0 Å². The fraction of sp³-hybridized carbons (Fsp3) is 0.600. The van der Waals surface area contributed by atoms with Gasteiger partial charge < -0.3 is 9.47 Å². The minimum atomic E-state index is 0.747. The van der Waals surface area contributed by atoms with Crippen molar-refractivity contribution in [3.63, 3.8) is 0 Å². The van der Waals surface area contributed by atoms with Crippen LogP contribution in [0, 0.1) is 0 Å². The Balaban J connectivity index is 1.56. The Bertz CT molecular complexity index is 564. The summed E-state index contributed by atoms with van der Waals surface area (Å²) < 4.78 is 2.11. The van der Waals surface area contributed by atoms with Gasteiger partial charge in [-0.1, -0.05) is 24.2 Å². The van der Waals surface area contributed by atoms with Crippen molar-refractivity contribution < 1.29 is 0 Å². The maximum atomic E-state index is 4.34. The van der Waals surface area contributed by atoms with Crippen molar-refractivity contribution in [2.24, 2.45) is 7.05 Å². The SMILES string of the molecule is CN1CCCCC1CCSc1nnc(-c2cccs2)n1C. The molecular formula is C15H22N4S2. The molecule has 0 aliphatic carbocycles. The molecule has 3 heterocycles. The van der Waals surface area contributed by atoms with Gasteiger partial charge in [0.05, 0.1) is 4.88 Å². The fourth-order valence-corrected chi connectivity index (χ4v) is 4.55. The van der Waals surface area contributed by atoms with Gasteiger partial charge in [0.2, 0.25) is 0 Å². The number of hydrogen-bond acceptors (Lipinski definition) is 5. The summed E-state index contributed by atoms with van der Waals surface area (Å²) in [5, 5.41) is 11.8. The summed E-state index contributed by atoms with van der Waals surface area (Å²) in [5.41, 5.74) is 0. The molecule has 1 aliphatic rings. The molecule has 0 spiro atoms. The maximum Gasteiger partial charge on any atom is 0.191 e. The summed E-state index contributed by atoms with van der Waals surface area (Å²) in [5.74, 6) is 2.09. The third-order valence-electron chi connectivity index (χ3n) is 4.18. The lowest BCUT2D eigenvalue weighted by molar-refractivity contribution is 0.182.